The fourth-order valence-corrected chi connectivity index (χ4v) is 1.58. The molecule has 0 aliphatic carbocycles. The third-order valence-corrected chi connectivity index (χ3v) is 2.58. The van der Waals surface area contributed by atoms with Crippen LogP contribution in [0.15, 0.2) is 12.1 Å². The van der Waals surface area contributed by atoms with E-state index in [2.05, 4.69) is 5.32 Å². The van der Waals surface area contributed by atoms with E-state index in [9.17, 15) is 13.2 Å². The van der Waals surface area contributed by atoms with Gasteiger partial charge in [0.2, 0.25) is 0 Å². The molecule has 4 N–H and O–H groups in total. The van der Waals surface area contributed by atoms with Crippen LogP contribution in [0.4, 0.5) is 24.5 Å². The molecule has 1 aromatic rings. The minimum Gasteiger partial charge on any atom is -0.486 e. The molecule has 1 heterocycles. The second kappa shape index (κ2) is 5.04. The zero-order chi connectivity index (χ0) is 14.0. The number of halogens is 3. The third-order valence-electron chi connectivity index (χ3n) is 2.58. The molecule has 1 atom stereocenters. The maximum atomic E-state index is 12.2. The lowest BCUT2D eigenvalue weighted by Gasteiger charge is -2.21. The predicted octanol–water partition coefficient (Wildman–Crippen LogP) is 1.38. The number of ether oxygens (including phenoxy) is 2. The summed E-state index contributed by atoms with van der Waals surface area (Å²) < 4.78 is 47.0. The molecule has 0 saturated carbocycles. The van der Waals surface area contributed by atoms with E-state index < -0.39 is 18.8 Å². The van der Waals surface area contributed by atoms with Crippen LogP contribution < -0.4 is 20.5 Å². The number of hydrogen-bond acceptors (Lipinski definition) is 5. The van der Waals surface area contributed by atoms with Crippen molar-refractivity contribution in [3.8, 4) is 11.5 Å². The maximum Gasteiger partial charge on any atom is 0.416 e. The first-order valence-corrected chi connectivity index (χ1v) is 5.55. The topological polar surface area (TPSA) is 76.7 Å². The highest BCUT2D eigenvalue weighted by Crippen LogP contribution is 2.37. The second-order valence-electron chi connectivity index (χ2n) is 4.02. The largest absolute Gasteiger partial charge is 0.486 e. The van der Waals surface area contributed by atoms with E-state index in [1.54, 1.807) is 0 Å². The third kappa shape index (κ3) is 3.14. The molecule has 8 heteroatoms. The Labute approximate surface area is 107 Å². The normalized spacial score (nSPS) is 16.0. The molecule has 0 saturated heterocycles. The van der Waals surface area contributed by atoms with Crippen LogP contribution in [0.2, 0.25) is 0 Å². The zero-order valence-corrected chi connectivity index (χ0v) is 9.83. The fraction of sp³-hybridized carbons (Fsp3) is 0.455. The van der Waals surface area contributed by atoms with E-state index in [0.717, 1.165) is 0 Å². The van der Waals surface area contributed by atoms with Crippen molar-refractivity contribution < 1.29 is 27.8 Å². The monoisotopic (exact) mass is 278 g/mol. The highest BCUT2D eigenvalue weighted by atomic mass is 19.4. The van der Waals surface area contributed by atoms with Crippen molar-refractivity contribution >= 4 is 11.4 Å². The van der Waals surface area contributed by atoms with Crippen molar-refractivity contribution in [1.82, 2.24) is 0 Å². The molecule has 0 spiro atoms. The van der Waals surface area contributed by atoms with Gasteiger partial charge in [0.15, 0.2) is 17.6 Å². The quantitative estimate of drug-likeness (QED) is 0.728. The van der Waals surface area contributed by atoms with Crippen LogP contribution in [0, 0.1) is 0 Å². The van der Waals surface area contributed by atoms with Crippen LogP contribution in [0.3, 0.4) is 0 Å². The van der Waals surface area contributed by atoms with Gasteiger partial charge in [-0.2, -0.15) is 13.2 Å². The second-order valence-corrected chi connectivity index (χ2v) is 4.02. The lowest BCUT2D eigenvalue weighted by atomic mass is 10.2. The van der Waals surface area contributed by atoms with Gasteiger partial charge in [0.05, 0.1) is 11.4 Å². The van der Waals surface area contributed by atoms with Crippen LogP contribution in [-0.2, 0) is 0 Å². The van der Waals surface area contributed by atoms with Crippen LogP contribution in [0.5, 0.6) is 11.5 Å². The number of fused-ring (bicyclic) bond motifs is 1. The summed E-state index contributed by atoms with van der Waals surface area (Å²) in [6.07, 6.45) is -7.13. The predicted molar refractivity (Wildman–Crippen MR) is 62.4 cm³/mol. The molecule has 0 aromatic heterocycles. The average molecular weight is 278 g/mol. The number of anilines is 2. The first-order chi connectivity index (χ1) is 8.88. The van der Waals surface area contributed by atoms with Gasteiger partial charge in [-0.05, 0) is 0 Å². The molecule has 1 aromatic carbocycles. The molecule has 1 unspecified atom stereocenters. The Bertz CT molecular complexity index is 465. The summed E-state index contributed by atoms with van der Waals surface area (Å²) in [5.74, 6) is 0.857. The number of nitrogens with two attached hydrogens (primary N) is 1. The van der Waals surface area contributed by atoms with Gasteiger partial charge in [0.1, 0.15) is 13.2 Å². The Hall–Kier alpha value is -1.83. The van der Waals surface area contributed by atoms with E-state index >= 15 is 0 Å². The number of aliphatic hydroxyl groups excluding tert-OH is 1. The van der Waals surface area contributed by atoms with Crippen molar-refractivity contribution in [2.24, 2.45) is 0 Å². The summed E-state index contributed by atoms with van der Waals surface area (Å²) in [5.41, 5.74) is 6.16. The Morgan fingerprint density at radius 3 is 2.42 bits per heavy atom. The van der Waals surface area contributed by atoms with Crippen molar-refractivity contribution in [3.05, 3.63) is 12.1 Å². The van der Waals surface area contributed by atoms with Crippen molar-refractivity contribution in [3.63, 3.8) is 0 Å². The zero-order valence-electron chi connectivity index (χ0n) is 9.83. The number of nitrogen functional groups attached to an aromatic ring is 1. The van der Waals surface area contributed by atoms with Crippen LogP contribution in [0.25, 0.3) is 0 Å². The fourth-order valence-electron chi connectivity index (χ4n) is 1.58. The highest BCUT2D eigenvalue weighted by molar-refractivity contribution is 5.72. The molecular weight excluding hydrogens is 265 g/mol. The first kappa shape index (κ1) is 13.6. The van der Waals surface area contributed by atoms with Crippen LogP contribution in [0.1, 0.15) is 0 Å². The molecule has 19 heavy (non-hydrogen) atoms. The summed E-state index contributed by atoms with van der Waals surface area (Å²) >= 11 is 0. The van der Waals surface area contributed by atoms with Gasteiger partial charge < -0.3 is 25.6 Å². The number of benzene rings is 1. The molecule has 2 rings (SSSR count). The Morgan fingerprint density at radius 2 is 1.84 bits per heavy atom. The molecule has 0 fully saturated rings. The van der Waals surface area contributed by atoms with Gasteiger partial charge >= 0.3 is 6.18 Å². The van der Waals surface area contributed by atoms with E-state index in [1.165, 1.54) is 12.1 Å². The van der Waals surface area contributed by atoms with E-state index in [4.69, 9.17) is 20.3 Å². The Kier molecular flexibility index (Phi) is 3.61. The van der Waals surface area contributed by atoms with E-state index in [0.29, 0.717) is 24.7 Å². The summed E-state index contributed by atoms with van der Waals surface area (Å²) in [4.78, 5) is 0. The van der Waals surface area contributed by atoms with E-state index in [-0.39, 0.29) is 11.4 Å². The van der Waals surface area contributed by atoms with Gasteiger partial charge in [0.25, 0.3) is 0 Å². The van der Waals surface area contributed by atoms with Gasteiger partial charge in [-0.15, -0.1) is 0 Å². The number of rotatable bonds is 3. The Morgan fingerprint density at radius 1 is 1.26 bits per heavy atom. The van der Waals surface area contributed by atoms with Crippen molar-refractivity contribution in [2.75, 3.05) is 30.8 Å². The summed E-state index contributed by atoms with van der Waals surface area (Å²) in [5, 5.41) is 11.3. The average Bonchev–Trinajstić information content (AvgIpc) is 2.34. The standard InChI is InChI=1S/C11H13F3N2O3/c12-11(13,14)10(17)5-16-7-4-9-8(3-6(7)15)18-1-2-19-9/h3-4,10,16-17H,1-2,5,15H2. The molecule has 1 aliphatic rings. The summed E-state index contributed by atoms with van der Waals surface area (Å²) in [6, 6.07) is 2.92. The number of aliphatic hydroxyl groups is 1. The first-order valence-electron chi connectivity index (χ1n) is 5.55. The number of alkyl halides is 3. The minimum absolute atomic E-state index is 0.221. The number of nitrogens with one attached hydrogen (secondary N) is 1. The SMILES string of the molecule is Nc1cc2c(cc1NCC(O)C(F)(F)F)OCCO2. The van der Waals surface area contributed by atoms with Gasteiger partial charge in [0, 0.05) is 18.7 Å². The highest BCUT2D eigenvalue weighted by Gasteiger charge is 2.37. The molecule has 0 amide bonds. The summed E-state index contributed by atoms with van der Waals surface area (Å²) in [7, 11) is 0. The number of hydrogen-bond donors (Lipinski definition) is 3. The smallest absolute Gasteiger partial charge is 0.416 e. The van der Waals surface area contributed by atoms with Gasteiger partial charge in [-0.1, -0.05) is 0 Å². The van der Waals surface area contributed by atoms with Crippen molar-refractivity contribution in [2.45, 2.75) is 12.3 Å². The Balaban J connectivity index is 2.08. The molecule has 0 bridgehead atoms. The molecule has 106 valence electrons. The molecular formula is C11H13F3N2O3. The lowest BCUT2D eigenvalue weighted by Crippen LogP contribution is -2.35. The van der Waals surface area contributed by atoms with Gasteiger partial charge in [-0.25, -0.2) is 0 Å². The van der Waals surface area contributed by atoms with Gasteiger partial charge in [-0.3, -0.25) is 0 Å². The summed E-state index contributed by atoms with van der Waals surface area (Å²) in [6.45, 7) is 0.0703. The molecule has 5 nitrogen and oxygen atoms in total. The van der Waals surface area contributed by atoms with Crippen molar-refractivity contribution in [1.29, 1.82) is 0 Å². The molecule has 1 aliphatic heterocycles. The minimum atomic E-state index is -4.67. The lowest BCUT2D eigenvalue weighted by molar-refractivity contribution is -0.198. The van der Waals surface area contributed by atoms with Crippen LogP contribution >= 0.6 is 0 Å². The maximum absolute atomic E-state index is 12.2. The van der Waals surface area contributed by atoms with Crippen LogP contribution in [-0.4, -0.2) is 37.1 Å². The van der Waals surface area contributed by atoms with E-state index in [1.807, 2.05) is 0 Å². The molecule has 0 radical (unpaired) electrons.